The zero-order valence-corrected chi connectivity index (χ0v) is 15.9. The minimum atomic E-state index is -0.0163. The Morgan fingerprint density at radius 1 is 1.11 bits per heavy atom. The Labute approximate surface area is 159 Å². The number of aromatic nitrogens is 2. The van der Waals surface area contributed by atoms with Crippen molar-refractivity contribution in [3.63, 3.8) is 0 Å². The van der Waals surface area contributed by atoms with Crippen LogP contribution in [0.2, 0.25) is 0 Å². The van der Waals surface area contributed by atoms with E-state index in [9.17, 15) is 4.79 Å². The van der Waals surface area contributed by atoms with Gasteiger partial charge in [0, 0.05) is 11.7 Å². The Hall–Kier alpha value is -3.08. The number of nitrogens with zero attached hydrogens (tertiary/aromatic N) is 3. The maximum atomic E-state index is 12.8. The summed E-state index contributed by atoms with van der Waals surface area (Å²) in [7, 11) is 0. The van der Waals surface area contributed by atoms with E-state index in [1.807, 2.05) is 54.9 Å². The van der Waals surface area contributed by atoms with Crippen LogP contribution in [0.3, 0.4) is 0 Å². The number of aryl methyl sites for hydroxylation is 1. The first kappa shape index (κ1) is 17.3. The van der Waals surface area contributed by atoms with Crippen molar-refractivity contribution in [3.05, 3.63) is 71.5 Å². The van der Waals surface area contributed by atoms with E-state index in [1.165, 1.54) is 5.56 Å². The summed E-state index contributed by atoms with van der Waals surface area (Å²) in [5.74, 6) is -0.0163. The van der Waals surface area contributed by atoms with Gasteiger partial charge in [0.2, 0.25) is 5.91 Å². The number of carbonyl (C=O) groups is 1. The normalized spacial score (nSPS) is 15.7. The third-order valence-electron chi connectivity index (χ3n) is 5.22. The lowest BCUT2D eigenvalue weighted by Gasteiger charge is -2.24. The number of hydrogen-bond donors (Lipinski definition) is 1. The lowest BCUT2D eigenvalue weighted by Crippen LogP contribution is -2.37. The number of rotatable bonds is 4. The highest BCUT2D eigenvalue weighted by atomic mass is 16.2. The van der Waals surface area contributed by atoms with E-state index in [4.69, 9.17) is 0 Å². The predicted molar refractivity (Wildman–Crippen MR) is 109 cm³/mol. The molecule has 2 aromatic carbocycles. The summed E-state index contributed by atoms with van der Waals surface area (Å²) in [6, 6.07) is 18.6. The van der Waals surface area contributed by atoms with E-state index < -0.39 is 0 Å². The molecule has 0 radical (unpaired) electrons. The van der Waals surface area contributed by atoms with Crippen LogP contribution >= 0.6 is 0 Å². The van der Waals surface area contributed by atoms with Crippen molar-refractivity contribution in [3.8, 4) is 5.69 Å². The third-order valence-corrected chi connectivity index (χ3v) is 5.22. The van der Waals surface area contributed by atoms with Gasteiger partial charge in [0.05, 0.1) is 29.3 Å². The maximum absolute atomic E-state index is 12.8. The zero-order chi connectivity index (χ0) is 19.0. The van der Waals surface area contributed by atoms with E-state index in [0.29, 0.717) is 12.6 Å². The van der Waals surface area contributed by atoms with E-state index in [1.54, 1.807) is 0 Å². The molecule has 4 rings (SSSR count). The summed E-state index contributed by atoms with van der Waals surface area (Å²) in [5.41, 5.74) is 6.00. The molecule has 2 heterocycles. The minimum absolute atomic E-state index is 0.0163. The van der Waals surface area contributed by atoms with Crippen molar-refractivity contribution in [2.24, 2.45) is 0 Å². The minimum Gasteiger partial charge on any atom is -0.359 e. The zero-order valence-electron chi connectivity index (χ0n) is 15.9. The molecule has 1 aliphatic rings. The van der Waals surface area contributed by atoms with Crippen LogP contribution in [0, 0.1) is 13.8 Å². The van der Waals surface area contributed by atoms with E-state index in [2.05, 4.69) is 40.4 Å². The van der Waals surface area contributed by atoms with E-state index in [0.717, 1.165) is 34.9 Å². The molecule has 27 heavy (non-hydrogen) atoms. The largest absolute Gasteiger partial charge is 0.359 e. The summed E-state index contributed by atoms with van der Waals surface area (Å²) < 4.78 is 1.87. The molecule has 0 unspecified atom stereocenters. The average molecular weight is 360 g/mol. The first-order valence-electron chi connectivity index (χ1n) is 9.30. The van der Waals surface area contributed by atoms with Gasteiger partial charge in [-0.2, -0.15) is 5.10 Å². The van der Waals surface area contributed by atoms with Crippen LogP contribution < -0.4 is 10.2 Å². The second kappa shape index (κ2) is 6.91. The Bertz CT molecular complexity index is 977. The number of hydrogen-bond acceptors (Lipinski definition) is 3. The summed E-state index contributed by atoms with van der Waals surface area (Å²) in [6.45, 7) is 6.41. The number of carbonyl (C=O) groups excluding carboxylic acids is 1. The molecule has 1 aromatic heterocycles. The van der Waals surface area contributed by atoms with Crippen molar-refractivity contribution in [2.75, 3.05) is 16.8 Å². The monoisotopic (exact) mass is 360 g/mol. The molecule has 138 valence electrons. The fraction of sp³-hybridized carbons (Fsp3) is 0.273. The van der Waals surface area contributed by atoms with Gasteiger partial charge in [-0.25, -0.2) is 4.68 Å². The van der Waals surface area contributed by atoms with Gasteiger partial charge in [-0.05, 0) is 51.0 Å². The molecule has 0 fully saturated rings. The molecular formula is C22H24N4O. The average Bonchev–Trinajstić information content (AvgIpc) is 3.13. The van der Waals surface area contributed by atoms with Gasteiger partial charge >= 0.3 is 0 Å². The summed E-state index contributed by atoms with van der Waals surface area (Å²) in [6.07, 6.45) is 0.980. The second-order valence-corrected chi connectivity index (χ2v) is 7.15. The van der Waals surface area contributed by atoms with Crippen molar-refractivity contribution in [1.82, 2.24) is 9.78 Å². The SMILES string of the molecule is Cc1nn(-c2ccccc2)c(C)c1NC(=O)CN1c2ccccc2C[C@H]1C. The molecule has 1 atom stereocenters. The lowest BCUT2D eigenvalue weighted by molar-refractivity contribution is -0.115. The Balaban J connectivity index is 1.53. The van der Waals surface area contributed by atoms with Crippen molar-refractivity contribution < 1.29 is 4.79 Å². The molecule has 3 aromatic rings. The van der Waals surface area contributed by atoms with Gasteiger partial charge in [-0.3, -0.25) is 4.79 Å². The number of fused-ring (bicyclic) bond motifs is 1. The van der Waals surface area contributed by atoms with Crippen LogP contribution in [0.25, 0.3) is 5.69 Å². The standard InChI is InChI=1S/C22H24N4O/c1-15-13-18-9-7-8-12-20(18)25(15)14-21(27)23-22-16(2)24-26(17(22)3)19-10-5-4-6-11-19/h4-12,15H,13-14H2,1-3H3,(H,23,27)/t15-/m1/s1. The van der Waals surface area contributed by atoms with E-state index in [-0.39, 0.29) is 5.91 Å². The third kappa shape index (κ3) is 3.21. The van der Waals surface area contributed by atoms with Crippen molar-refractivity contribution in [1.29, 1.82) is 0 Å². The molecule has 1 amide bonds. The van der Waals surface area contributed by atoms with Gasteiger partial charge < -0.3 is 10.2 Å². The number of para-hydroxylation sites is 2. The van der Waals surface area contributed by atoms with Crippen LogP contribution in [0.4, 0.5) is 11.4 Å². The lowest BCUT2D eigenvalue weighted by atomic mass is 10.1. The number of nitrogens with one attached hydrogen (secondary N) is 1. The van der Waals surface area contributed by atoms with Crippen LogP contribution in [0.15, 0.2) is 54.6 Å². The van der Waals surface area contributed by atoms with E-state index >= 15 is 0 Å². The molecule has 0 saturated carbocycles. The Morgan fingerprint density at radius 2 is 1.81 bits per heavy atom. The molecule has 0 spiro atoms. The smallest absolute Gasteiger partial charge is 0.244 e. The van der Waals surface area contributed by atoms with Crippen LogP contribution in [-0.4, -0.2) is 28.3 Å². The molecule has 5 nitrogen and oxygen atoms in total. The van der Waals surface area contributed by atoms with Gasteiger partial charge in [0.25, 0.3) is 0 Å². The topological polar surface area (TPSA) is 50.2 Å². The summed E-state index contributed by atoms with van der Waals surface area (Å²) in [4.78, 5) is 15.0. The molecule has 0 saturated heterocycles. The quantitative estimate of drug-likeness (QED) is 0.768. The molecule has 1 aliphatic heterocycles. The fourth-order valence-electron chi connectivity index (χ4n) is 3.85. The number of benzene rings is 2. The highest BCUT2D eigenvalue weighted by Gasteiger charge is 2.27. The highest BCUT2D eigenvalue weighted by Crippen LogP contribution is 2.31. The second-order valence-electron chi connectivity index (χ2n) is 7.15. The van der Waals surface area contributed by atoms with Gasteiger partial charge in [-0.15, -0.1) is 0 Å². The molecule has 0 bridgehead atoms. The highest BCUT2D eigenvalue weighted by molar-refractivity contribution is 5.95. The first-order valence-corrected chi connectivity index (χ1v) is 9.30. The van der Waals surface area contributed by atoms with Gasteiger partial charge in [-0.1, -0.05) is 36.4 Å². The molecule has 5 heteroatoms. The molecular weight excluding hydrogens is 336 g/mol. The molecule has 0 aliphatic carbocycles. The van der Waals surface area contributed by atoms with Crippen LogP contribution in [0.5, 0.6) is 0 Å². The van der Waals surface area contributed by atoms with Crippen LogP contribution in [-0.2, 0) is 11.2 Å². The first-order chi connectivity index (χ1) is 13.0. The molecule has 1 N–H and O–H groups in total. The number of anilines is 2. The fourth-order valence-corrected chi connectivity index (χ4v) is 3.85. The predicted octanol–water partition coefficient (Wildman–Crippen LogP) is 3.88. The Kier molecular flexibility index (Phi) is 4.44. The maximum Gasteiger partial charge on any atom is 0.244 e. The van der Waals surface area contributed by atoms with Crippen molar-refractivity contribution >= 4 is 17.3 Å². The summed E-state index contributed by atoms with van der Waals surface area (Å²) in [5, 5.41) is 7.69. The van der Waals surface area contributed by atoms with Crippen molar-refractivity contribution in [2.45, 2.75) is 33.2 Å². The van der Waals surface area contributed by atoms with Crippen LogP contribution in [0.1, 0.15) is 23.9 Å². The van der Waals surface area contributed by atoms with Gasteiger partial charge in [0.1, 0.15) is 0 Å². The summed E-state index contributed by atoms with van der Waals surface area (Å²) >= 11 is 0. The Morgan fingerprint density at radius 3 is 2.59 bits per heavy atom. The van der Waals surface area contributed by atoms with Gasteiger partial charge in [0.15, 0.2) is 0 Å². The number of amides is 1.